The summed E-state index contributed by atoms with van der Waals surface area (Å²) in [5, 5.41) is -1.03. The van der Waals surface area contributed by atoms with Crippen molar-refractivity contribution >= 4 is 17.4 Å². The van der Waals surface area contributed by atoms with E-state index in [1.807, 2.05) is 0 Å². The van der Waals surface area contributed by atoms with E-state index in [9.17, 15) is 13.6 Å². The third-order valence-electron chi connectivity index (χ3n) is 2.54. The summed E-state index contributed by atoms with van der Waals surface area (Å²) in [5.74, 6) is -2.87. The maximum absolute atomic E-state index is 13.5. The van der Waals surface area contributed by atoms with E-state index in [1.54, 1.807) is 30.3 Å². The van der Waals surface area contributed by atoms with Crippen LogP contribution in [0.3, 0.4) is 0 Å². The number of halogens is 3. The number of benzene rings is 2. The number of hydrogen-bond donors (Lipinski definition) is 0. The summed E-state index contributed by atoms with van der Waals surface area (Å²) < 4.78 is 26.5. The molecular formula is C14H9ClF2O. The van der Waals surface area contributed by atoms with Crippen LogP contribution in [0.1, 0.15) is 21.3 Å². The van der Waals surface area contributed by atoms with Crippen molar-refractivity contribution in [2.45, 2.75) is 5.38 Å². The fourth-order valence-corrected chi connectivity index (χ4v) is 1.87. The number of Topliss-reactive ketones (excluding diaryl/α,β-unsaturated/α-hetero) is 1. The highest BCUT2D eigenvalue weighted by Gasteiger charge is 2.23. The molecule has 4 heteroatoms. The number of rotatable bonds is 3. The first-order valence-electron chi connectivity index (χ1n) is 5.28. The number of carbonyl (C=O) groups excluding carboxylic acids is 1. The van der Waals surface area contributed by atoms with Crippen molar-refractivity contribution in [3.63, 3.8) is 0 Å². The fourth-order valence-electron chi connectivity index (χ4n) is 1.60. The molecule has 0 aliphatic carbocycles. The minimum Gasteiger partial charge on any atom is -0.292 e. The van der Waals surface area contributed by atoms with E-state index in [4.69, 9.17) is 11.6 Å². The lowest BCUT2D eigenvalue weighted by molar-refractivity contribution is 0.0982. The van der Waals surface area contributed by atoms with Crippen LogP contribution in [-0.2, 0) is 0 Å². The van der Waals surface area contributed by atoms with Crippen molar-refractivity contribution in [1.82, 2.24) is 0 Å². The van der Waals surface area contributed by atoms with Gasteiger partial charge in [0.25, 0.3) is 0 Å². The van der Waals surface area contributed by atoms with Gasteiger partial charge in [0.2, 0.25) is 0 Å². The van der Waals surface area contributed by atoms with E-state index >= 15 is 0 Å². The molecule has 0 radical (unpaired) electrons. The minimum atomic E-state index is -1.16. The lowest BCUT2D eigenvalue weighted by Crippen LogP contribution is -2.10. The lowest BCUT2D eigenvalue weighted by Gasteiger charge is -2.09. The Bertz CT molecular complexity index is 569. The van der Waals surface area contributed by atoms with Gasteiger partial charge in [-0.3, -0.25) is 4.79 Å². The van der Waals surface area contributed by atoms with Crippen LogP contribution in [0, 0.1) is 11.6 Å². The van der Waals surface area contributed by atoms with Crippen molar-refractivity contribution in [2.24, 2.45) is 0 Å². The molecule has 0 heterocycles. The summed E-state index contributed by atoms with van der Waals surface area (Å²) in [4.78, 5) is 12.0. The van der Waals surface area contributed by atoms with Gasteiger partial charge in [-0.05, 0) is 17.7 Å². The highest BCUT2D eigenvalue weighted by molar-refractivity contribution is 6.33. The summed E-state index contributed by atoms with van der Waals surface area (Å²) in [6, 6.07) is 12.0. The molecule has 0 saturated heterocycles. The average molecular weight is 267 g/mol. The first-order valence-corrected chi connectivity index (χ1v) is 5.72. The van der Waals surface area contributed by atoms with Crippen molar-refractivity contribution < 1.29 is 13.6 Å². The standard InChI is InChI=1S/C14H9ClF2O/c15-12(9-5-2-1-3-6-9)14(18)10-7-4-8-11(16)13(10)17/h1-8,12H. The topological polar surface area (TPSA) is 17.1 Å². The second-order valence-electron chi connectivity index (χ2n) is 3.74. The van der Waals surface area contributed by atoms with Crippen molar-refractivity contribution in [2.75, 3.05) is 0 Å². The van der Waals surface area contributed by atoms with Crippen molar-refractivity contribution in [3.8, 4) is 0 Å². The number of alkyl halides is 1. The van der Waals surface area contributed by atoms with Crippen LogP contribution >= 0.6 is 11.6 Å². The molecule has 0 amide bonds. The van der Waals surface area contributed by atoms with Crippen LogP contribution in [0.25, 0.3) is 0 Å². The maximum Gasteiger partial charge on any atom is 0.188 e. The molecule has 0 N–H and O–H groups in total. The molecule has 2 rings (SSSR count). The maximum atomic E-state index is 13.5. The van der Waals surface area contributed by atoms with Crippen LogP contribution < -0.4 is 0 Å². The smallest absolute Gasteiger partial charge is 0.188 e. The predicted octanol–water partition coefficient (Wildman–Crippen LogP) is 4.13. The molecule has 0 spiro atoms. The summed E-state index contributed by atoms with van der Waals surface area (Å²) in [5.41, 5.74) is 0.215. The quantitative estimate of drug-likeness (QED) is 0.603. The van der Waals surface area contributed by atoms with Gasteiger partial charge in [-0.25, -0.2) is 8.78 Å². The molecule has 2 aromatic carbocycles. The molecule has 18 heavy (non-hydrogen) atoms. The largest absolute Gasteiger partial charge is 0.292 e. The first-order chi connectivity index (χ1) is 8.61. The van der Waals surface area contributed by atoms with E-state index in [0.717, 1.165) is 6.07 Å². The second kappa shape index (κ2) is 5.27. The molecule has 2 aromatic rings. The second-order valence-corrected chi connectivity index (χ2v) is 4.18. The van der Waals surface area contributed by atoms with Gasteiger partial charge in [0.1, 0.15) is 5.38 Å². The Morgan fingerprint density at radius 3 is 2.33 bits per heavy atom. The first kappa shape index (κ1) is 12.7. The van der Waals surface area contributed by atoms with Gasteiger partial charge in [-0.15, -0.1) is 11.6 Å². The summed E-state index contributed by atoms with van der Waals surface area (Å²) in [6.45, 7) is 0. The normalized spacial score (nSPS) is 12.2. The van der Waals surface area contributed by atoms with E-state index in [0.29, 0.717) is 5.56 Å². The number of ketones is 1. The van der Waals surface area contributed by atoms with Crippen LogP contribution in [0.15, 0.2) is 48.5 Å². The SMILES string of the molecule is O=C(c1cccc(F)c1F)C(Cl)c1ccccc1. The molecule has 1 unspecified atom stereocenters. The summed E-state index contributed by atoms with van der Waals surface area (Å²) >= 11 is 5.98. The zero-order valence-corrected chi connectivity index (χ0v) is 9.99. The van der Waals surface area contributed by atoms with Gasteiger partial charge >= 0.3 is 0 Å². The average Bonchev–Trinajstić information content (AvgIpc) is 2.41. The van der Waals surface area contributed by atoms with Crippen LogP contribution in [0.2, 0.25) is 0 Å². The minimum absolute atomic E-state index is 0.334. The van der Waals surface area contributed by atoms with Gasteiger partial charge in [-0.2, -0.15) is 0 Å². The highest BCUT2D eigenvalue weighted by atomic mass is 35.5. The molecule has 0 aromatic heterocycles. The molecule has 0 aliphatic rings. The molecular weight excluding hydrogens is 258 g/mol. The molecule has 1 atom stereocenters. The highest BCUT2D eigenvalue weighted by Crippen LogP contribution is 2.26. The zero-order chi connectivity index (χ0) is 13.1. The Labute approximate surface area is 108 Å². The van der Waals surface area contributed by atoms with Gasteiger partial charge in [0.15, 0.2) is 17.4 Å². The van der Waals surface area contributed by atoms with Crippen LogP contribution in [-0.4, -0.2) is 5.78 Å². The predicted molar refractivity (Wildman–Crippen MR) is 65.7 cm³/mol. The van der Waals surface area contributed by atoms with Gasteiger partial charge in [0.05, 0.1) is 5.56 Å². The molecule has 1 nitrogen and oxygen atoms in total. The van der Waals surface area contributed by atoms with E-state index in [-0.39, 0.29) is 5.56 Å². The monoisotopic (exact) mass is 266 g/mol. The van der Waals surface area contributed by atoms with Gasteiger partial charge in [0, 0.05) is 0 Å². The molecule has 92 valence electrons. The van der Waals surface area contributed by atoms with E-state index < -0.39 is 22.8 Å². The van der Waals surface area contributed by atoms with Gasteiger partial charge in [-0.1, -0.05) is 36.4 Å². The van der Waals surface area contributed by atoms with Crippen LogP contribution in [0.5, 0.6) is 0 Å². The third-order valence-corrected chi connectivity index (χ3v) is 2.99. The zero-order valence-electron chi connectivity index (χ0n) is 9.24. The lowest BCUT2D eigenvalue weighted by atomic mass is 10.0. The molecule has 0 aliphatic heterocycles. The Morgan fingerprint density at radius 2 is 1.67 bits per heavy atom. The number of hydrogen-bond acceptors (Lipinski definition) is 1. The van der Waals surface area contributed by atoms with Crippen molar-refractivity contribution in [1.29, 1.82) is 0 Å². The van der Waals surface area contributed by atoms with E-state index in [1.165, 1.54) is 12.1 Å². The van der Waals surface area contributed by atoms with Crippen LogP contribution in [0.4, 0.5) is 8.78 Å². The summed E-state index contributed by atoms with van der Waals surface area (Å²) in [6.07, 6.45) is 0. The Morgan fingerprint density at radius 1 is 1.00 bits per heavy atom. The Kier molecular flexibility index (Phi) is 3.72. The fraction of sp³-hybridized carbons (Fsp3) is 0.0714. The van der Waals surface area contributed by atoms with E-state index in [2.05, 4.69) is 0 Å². The Hall–Kier alpha value is -1.74. The van der Waals surface area contributed by atoms with Crippen molar-refractivity contribution in [3.05, 3.63) is 71.3 Å². The third kappa shape index (κ3) is 2.41. The molecule has 0 saturated carbocycles. The Balaban J connectivity index is 2.35. The molecule has 0 fully saturated rings. The van der Waals surface area contributed by atoms with Gasteiger partial charge < -0.3 is 0 Å². The summed E-state index contributed by atoms with van der Waals surface area (Å²) in [7, 11) is 0. The molecule has 0 bridgehead atoms. The number of carbonyl (C=O) groups is 1.